The lowest BCUT2D eigenvalue weighted by Gasteiger charge is -2.32. The molecule has 1 fully saturated rings. The van der Waals surface area contributed by atoms with E-state index >= 15 is 0 Å². The van der Waals surface area contributed by atoms with Crippen LogP contribution in [0.2, 0.25) is 0 Å². The molecule has 0 radical (unpaired) electrons. The van der Waals surface area contributed by atoms with Crippen molar-refractivity contribution in [2.45, 2.75) is 65.3 Å². The zero-order chi connectivity index (χ0) is 18.3. The van der Waals surface area contributed by atoms with Gasteiger partial charge in [0.25, 0.3) is 0 Å². The first kappa shape index (κ1) is 18.7. The van der Waals surface area contributed by atoms with Crippen molar-refractivity contribution < 1.29 is 23.3 Å². The van der Waals surface area contributed by atoms with E-state index in [-0.39, 0.29) is 10.8 Å². The number of amides is 1. The molecule has 1 aliphatic heterocycles. The second-order valence-corrected chi connectivity index (χ2v) is 7.94. The highest BCUT2D eigenvalue weighted by Crippen LogP contribution is 2.36. The third kappa shape index (κ3) is 3.90. The maximum atomic E-state index is 14.1. The van der Waals surface area contributed by atoms with Gasteiger partial charge in [0, 0.05) is 0 Å². The van der Waals surface area contributed by atoms with Gasteiger partial charge in [-0.2, -0.15) is 0 Å². The summed E-state index contributed by atoms with van der Waals surface area (Å²) in [6, 6.07) is 6.33. The number of carbonyl (C=O) groups excluding carboxylic acids is 1. The molecule has 1 aromatic carbocycles. The maximum absolute atomic E-state index is 14.1. The quantitative estimate of drug-likeness (QED) is 0.611. The van der Waals surface area contributed by atoms with Gasteiger partial charge in [-0.05, 0) is 66.1 Å². The van der Waals surface area contributed by atoms with Crippen LogP contribution < -0.4 is 10.6 Å². The van der Waals surface area contributed by atoms with Crippen molar-refractivity contribution in [1.82, 2.24) is 0 Å². The molecule has 0 bridgehead atoms. The van der Waals surface area contributed by atoms with Crippen molar-refractivity contribution in [3.63, 3.8) is 0 Å². The minimum Gasteiger partial charge on any atom is -0.442 e. The highest BCUT2D eigenvalue weighted by Gasteiger charge is 2.51. The molecular weight excluding hydrogens is 312 g/mol. The number of hydrogen-bond acceptors (Lipinski definition) is 4. The summed E-state index contributed by atoms with van der Waals surface area (Å²) in [5.74, 6) is 0. The van der Waals surface area contributed by atoms with Crippen LogP contribution in [-0.2, 0) is 14.0 Å². The van der Waals surface area contributed by atoms with Gasteiger partial charge in [0.1, 0.15) is 5.60 Å². The predicted molar refractivity (Wildman–Crippen MR) is 92.0 cm³/mol. The normalized spacial score (nSPS) is 19.2. The van der Waals surface area contributed by atoms with Crippen LogP contribution >= 0.6 is 0 Å². The molecule has 0 N–H and O–H groups in total. The van der Waals surface area contributed by atoms with Gasteiger partial charge in [-0.3, -0.25) is 0 Å². The summed E-state index contributed by atoms with van der Waals surface area (Å²) in [7, 11) is -0.529. The van der Waals surface area contributed by atoms with Crippen LogP contribution in [-0.4, -0.2) is 30.0 Å². The third-order valence-electron chi connectivity index (χ3n) is 4.20. The Balaban J connectivity index is 2.10. The molecule has 24 heavy (non-hydrogen) atoms. The van der Waals surface area contributed by atoms with E-state index in [1.165, 1.54) is 12.1 Å². The second kappa shape index (κ2) is 6.04. The molecule has 1 amide bonds. The largest absolute Gasteiger partial charge is 0.494 e. The Morgan fingerprint density at radius 3 is 1.96 bits per heavy atom. The molecule has 7 heteroatoms. The fraction of sp³-hybridized carbons (Fsp3) is 0.588. The molecule has 5 nitrogen and oxygen atoms in total. The zero-order valence-electron chi connectivity index (χ0n) is 15.3. The summed E-state index contributed by atoms with van der Waals surface area (Å²) in [5, 5.41) is -0.0146. The monoisotopic (exact) mass is 337 g/mol. The van der Waals surface area contributed by atoms with Gasteiger partial charge >= 0.3 is 13.2 Å². The summed E-state index contributed by atoms with van der Waals surface area (Å²) in [4.78, 5) is 11.7. The van der Waals surface area contributed by atoms with Crippen LogP contribution in [0.1, 0.15) is 48.5 Å². The summed E-state index contributed by atoms with van der Waals surface area (Å²) in [6.45, 7) is 12.9. The molecule has 1 heterocycles. The molecule has 1 aromatic rings. The first-order valence-electron chi connectivity index (χ1n) is 7.97. The highest BCUT2D eigenvalue weighted by atomic mass is 19.2. The van der Waals surface area contributed by atoms with Crippen molar-refractivity contribution in [2.24, 2.45) is 0 Å². The zero-order valence-corrected chi connectivity index (χ0v) is 15.3. The molecule has 0 aliphatic carbocycles. The molecule has 1 aliphatic rings. The van der Waals surface area contributed by atoms with Crippen molar-refractivity contribution in [1.29, 1.82) is 0 Å². The van der Waals surface area contributed by atoms with Gasteiger partial charge in [0.15, 0.2) is 0 Å². The number of ether oxygens (including phenoxy) is 1. The Morgan fingerprint density at radius 1 is 1.08 bits per heavy atom. The Kier molecular flexibility index (Phi) is 4.72. The predicted octanol–water partition coefficient (Wildman–Crippen LogP) is 3.61. The van der Waals surface area contributed by atoms with E-state index in [0.717, 1.165) is 5.46 Å². The Labute approximate surface area is 143 Å². The molecule has 0 saturated carbocycles. The van der Waals surface area contributed by atoms with Gasteiger partial charge in [0.05, 0.1) is 16.9 Å². The number of nitrogens with zero attached hydrogens (tertiary/aromatic N) is 1. The van der Waals surface area contributed by atoms with Crippen molar-refractivity contribution >= 4 is 24.4 Å². The van der Waals surface area contributed by atoms with Crippen molar-refractivity contribution in [3.8, 4) is 0 Å². The van der Waals surface area contributed by atoms with Crippen molar-refractivity contribution in [2.75, 3.05) is 5.12 Å². The molecule has 0 atom stereocenters. The van der Waals surface area contributed by atoms with Gasteiger partial charge < -0.3 is 14.0 Å². The number of anilines is 1. The Hall–Kier alpha value is -1.60. The van der Waals surface area contributed by atoms with E-state index in [2.05, 4.69) is 0 Å². The molecular formula is C17H25BFNO4. The average molecular weight is 337 g/mol. The van der Waals surface area contributed by atoms with E-state index in [1.54, 1.807) is 32.9 Å². The molecule has 1 saturated heterocycles. The van der Waals surface area contributed by atoms with E-state index in [1.807, 2.05) is 27.7 Å². The summed E-state index contributed by atoms with van der Waals surface area (Å²) in [5.41, 5.74) is -0.804. The SMILES string of the molecule is CC(C)(C)OC(=O)N(F)c1ccc(B2OC(C)(C)C(C)(C)O2)cc1. The third-order valence-corrected chi connectivity index (χ3v) is 4.20. The number of rotatable bonds is 2. The molecule has 132 valence electrons. The Morgan fingerprint density at radius 2 is 1.54 bits per heavy atom. The number of benzene rings is 1. The van der Waals surface area contributed by atoms with Gasteiger partial charge in [-0.15, -0.1) is 5.12 Å². The lowest BCUT2D eigenvalue weighted by Crippen LogP contribution is -2.41. The van der Waals surface area contributed by atoms with Gasteiger partial charge in [-0.1, -0.05) is 16.6 Å². The second-order valence-electron chi connectivity index (χ2n) is 7.94. The minimum atomic E-state index is -1.05. The lowest BCUT2D eigenvalue weighted by molar-refractivity contribution is 0.00578. The van der Waals surface area contributed by atoms with E-state index in [0.29, 0.717) is 0 Å². The number of carbonyl (C=O) groups is 1. The summed E-state index contributed by atoms with van der Waals surface area (Å²) < 4.78 is 31.0. The van der Waals surface area contributed by atoms with E-state index < -0.39 is 30.0 Å². The summed E-state index contributed by atoms with van der Waals surface area (Å²) >= 11 is 0. The van der Waals surface area contributed by atoms with E-state index in [9.17, 15) is 9.28 Å². The fourth-order valence-corrected chi connectivity index (χ4v) is 2.15. The van der Waals surface area contributed by atoms with Gasteiger partial charge in [0.2, 0.25) is 0 Å². The van der Waals surface area contributed by atoms with Crippen LogP contribution in [0, 0.1) is 0 Å². The maximum Gasteiger partial charge on any atom is 0.494 e. The lowest BCUT2D eigenvalue weighted by atomic mass is 9.79. The standard InChI is InChI=1S/C17H25BFNO4/c1-15(2,3)22-14(21)20(19)13-10-8-12(9-11-13)18-23-16(4,5)17(6,7)24-18/h8-11H,1-7H3. The average Bonchev–Trinajstić information content (AvgIpc) is 2.65. The molecule has 2 rings (SSSR count). The van der Waals surface area contributed by atoms with Crippen LogP contribution in [0.15, 0.2) is 24.3 Å². The Bertz CT molecular complexity index is 594. The topological polar surface area (TPSA) is 48.0 Å². The molecule has 0 aromatic heterocycles. The first-order valence-corrected chi connectivity index (χ1v) is 7.97. The van der Waals surface area contributed by atoms with Crippen LogP contribution in [0.25, 0.3) is 0 Å². The fourth-order valence-electron chi connectivity index (χ4n) is 2.15. The summed E-state index contributed by atoms with van der Waals surface area (Å²) in [6.07, 6.45) is -1.05. The highest BCUT2D eigenvalue weighted by molar-refractivity contribution is 6.62. The number of halogens is 1. The van der Waals surface area contributed by atoms with Crippen LogP contribution in [0.3, 0.4) is 0 Å². The van der Waals surface area contributed by atoms with Crippen LogP contribution in [0.5, 0.6) is 0 Å². The minimum absolute atomic E-state index is 0.0146. The van der Waals surface area contributed by atoms with Gasteiger partial charge in [-0.25, -0.2) is 4.79 Å². The molecule has 0 spiro atoms. The van der Waals surface area contributed by atoms with E-state index in [4.69, 9.17) is 14.0 Å². The molecule has 0 unspecified atom stereocenters. The smallest absolute Gasteiger partial charge is 0.442 e. The van der Waals surface area contributed by atoms with Crippen molar-refractivity contribution in [3.05, 3.63) is 24.3 Å². The number of hydrogen-bond donors (Lipinski definition) is 0. The van der Waals surface area contributed by atoms with Crippen LogP contribution in [0.4, 0.5) is 15.0 Å². The first-order chi connectivity index (χ1) is 10.8.